The Morgan fingerprint density at radius 1 is 1.37 bits per heavy atom. The van der Waals surface area contributed by atoms with Crippen molar-refractivity contribution < 1.29 is 9.18 Å². The molecular formula is C15H21FN2O. The van der Waals surface area contributed by atoms with Crippen LogP contribution in [0.2, 0.25) is 0 Å². The molecule has 4 heteroatoms. The van der Waals surface area contributed by atoms with Gasteiger partial charge in [-0.15, -0.1) is 0 Å². The molecule has 1 amide bonds. The first-order chi connectivity index (χ1) is 9.18. The number of hydrogen-bond acceptors (Lipinski definition) is 2. The summed E-state index contributed by atoms with van der Waals surface area (Å²) < 4.78 is 13.7. The molecule has 1 aromatic rings. The van der Waals surface area contributed by atoms with E-state index < -0.39 is 5.82 Å². The first-order valence-corrected chi connectivity index (χ1v) is 6.94. The van der Waals surface area contributed by atoms with E-state index in [4.69, 9.17) is 0 Å². The van der Waals surface area contributed by atoms with Crippen molar-refractivity contribution in [2.45, 2.75) is 26.2 Å². The van der Waals surface area contributed by atoms with Crippen molar-refractivity contribution in [3.05, 3.63) is 35.1 Å². The van der Waals surface area contributed by atoms with Crippen LogP contribution in [0.3, 0.4) is 0 Å². The van der Waals surface area contributed by atoms with Gasteiger partial charge in [-0.2, -0.15) is 0 Å². The Kier molecular flexibility index (Phi) is 4.91. The molecule has 2 rings (SSSR count). The van der Waals surface area contributed by atoms with Crippen LogP contribution in [0, 0.1) is 12.7 Å². The number of carbonyl (C=O) groups excluding carboxylic acids is 1. The highest BCUT2D eigenvalue weighted by Crippen LogP contribution is 2.11. The third kappa shape index (κ3) is 3.77. The zero-order chi connectivity index (χ0) is 13.7. The van der Waals surface area contributed by atoms with E-state index in [2.05, 4.69) is 10.2 Å². The lowest BCUT2D eigenvalue weighted by atomic mass is 10.1. The summed E-state index contributed by atoms with van der Waals surface area (Å²) in [6, 6.07) is 4.90. The van der Waals surface area contributed by atoms with Gasteiger partial charge in [0.25, 0.3) is 5.91 Å². The topological polar surface area (TPSA) is 32.3 Å². The summed E-state index contributed by atoms with van der Waals surface area (Å²) in [5.74, 6) is -0.734. The highest BCUT2D eigenvalue weighted by atomic mass is 19.1. The zero-order valence-corrected chi connectivity index (χ0v) is 11.4. The van der Waals surface area contributed by atoms with Crippen LogP contribution in [-0.2, 0) is 0 Å². The van der Waals surface area contributed by atoms with Crippen molar-refractivity contribution >= 4 is 5.91 Å². The van der Waals surface area contributed by atoms with Crippen LogP contribution in [0.1, 0.15) is 35.2 Å². The Morgan fingerprint density at radius 2 is 2.11 bits per heavy atom. The Morgan fingerprint density at radius 3 is 2.84 bits per heavy atom. The number of amides is 1. The maximum Gasteiger partial charge on any atom is 0.254 e. The minimum Gasteiger partial charge on any atom is -0.352 e. The maximum atomic E-state index is 13.7. The first-order valence-electron chi connectivity index (χ1n) is 6.94. The summed E-state index contributed by atoms with van der Waals surface area (Å²) in [5.41, 5.74) is 0.644. The minimum absolute atomic E-state index is 0.140. The molecule has 0 bridgehead atoms. The summed E-state index contributed by atoms with van der Waals surface area (Å²) in [5, 5.41) is 2.79. The second kappa shape index (κ2) is 6.66. The molecule has 0 saturated carbocycles. The SMILES string of the molecule is Cc1cccc(C(=O)NCCCN2CCCC2)c1F. The van der Waals surface area contributed by atoms with Gasteiger partial charge in [0.15, 0.2) is 0 Å². The van der Waals surface area contributed by atoms with E-state index in [0.717, 1.165) is 13.0 Å². The fourth-order valence-corrected chi connectivity index (χ4v) is 2.43. The average Bonchev–Trinajstić information content (AvgIpc) is 2.91. The van der Waals surface area contributed by atoms with Gasteiger partial charge in [0, 0.05) is 6.54 Å². The summed E-state index contributed by atoms with van der Waals surface area (Å²) in [6.07, 6.45) is 3.47. The van der Waals surface area contributed by atoms with E-state index in [0.29, 0.717) is 12.1 Å². The molecule has 0 aromatic heterocycles. The van der Waals surface area contributed by atoms with Crippen molar-refractivity contribution in [1.29, 1.82) is 0 Å². The summed E-state index contributed by atoms with van der Waals surface area (Å²) in [7, 11) is 0. The van der Waals surface area contributed by atoms with Gasteiger partial charge in [0.2, 0.25) is 0 Å². The Balaban J connectivity index is 1.76. The van der Waals surface area contributed by atoms with E-state index in [1.807, 2.05) is 0 Å². The molecule has 0 aliphatic carbocycles. The van der Waals surface area contributed by atoms with Crippen molar-refractivity contribution in [2.24, 2.45) is 0 Å². The smallest absolute Gasteiger partial charge is 0.254 e. The van der Waals surface area contributed by atoms with Gasteiger partial charge >= 0.3 is 0 Å². The molecule has 0 atom stereocenters. The minimum atomic E-state index is -0.417. The highest BCUT2D eigenvalue weighted by molar-refractivity contribution is 5.94. The molecule has 1 fully saturated rings. The van der Waals surface area contributed by atoms with Gasteiger partial charge in [0.1, 0.15) is 5.82 Å². The Bertz CT molecular complexity index is 442. The lowest BCUT2D eigenvalue weighted by Gasteiger charge is -2.14. The van der Waals surface area contributed by atoms with Crippen molar-refractivity contribution in [2.75, 3.05) is 26.2 Å². The second-order valence-corrected chi connectivity index (χ2v) is 5.09. The Hall–Kier alpha value is -1.42. The maximum absolute atomic E-state index is 13.7. The number of nitrogens with zero attached hydrogens (tertiary/aromatic N) is 1. The van der Waals surface area contributed by atoms with Gasteiger partial charge < -0.3 is 10.2 Å². The van der Waals surface area contributed by atoms with Crippen molar-refractivity contribution in [3.63, 3.8) is 0 Å². The molecule has 1 aliphatic rings. The number of rotatable bonds is 5. The fourth-order valence-electron chi connectivity index (χ4n) is 2.43. The highest BCUT2D eigenvalue weighted by Gasteiger charge is 2.13. The normalized spacial score (nSPS) is 15.7. The van der Waals surface area contributed by atoms with E-state index >= 15 is 0 Å². The lowest BCUT2D eigenvalue weighted by molar-refractivity contribution is 0.0948. The number of benzene rings is 1. The molecule has 19 heavy (non-hydrogen) atoms. The number of carbonyl (C=O) groups is 1. The molecule has 1 saturated heterocycles. The average molecular weight is 264 g/mol. The van der Waals surface area contributed by atoms with Gasteiger partial charge in [-0.05, 0) is 57.5 Å². The third-order valence-corrected chi connectivity index (χ3v) is 3.57. The molecule has 1 aliphatic heterocycles. The van der Waals surface area contributed by atoms with Crippen LogP contribution in [0.4, 0.5) is 4.39 Å². The molecular weight excluding hydrogens is 243 g/mol. The van der Waals surface area contributed by atoms with E-state index in [-0.39, 0.29) is 11.5 Å². The quantitative estimate of drug-likeness (QED) is 0.828. The van der Waals surface area contributed by atoms with Crippen LogP contribution >= 0.6 is 0 Å². The van der Waals surface area contributed by atoms with Crippen LogP contribution in [0.25, 0.3) is 0 Å². The molecule has 1 heterocycles. The Labute approximate surface area is 113 Å². The second-order valence-electron chi connectivity index (χ2n) is 5.09. The molecule has 0 spiro atoms. The van der Waals surface area contributed by atoms with Crippen molar-refractivity contribution in [1.82, 2.24) is 10.2 Å². The molecule has 104 valence electrons. The molecule has 3 nitrogen and oxygen atoms in total. The summed E-state index contributed by atoms with van der Waals surface area (Å²) in [6.45, 7) is 5.61. The van der Waals surface area contributed by atoms with Crippen LogP contribution in [0.5, 0.6) is 0 Å². The molecule has 0 unspecified atom stereocenters. The first kappa shape index (κ1) is 14.0. The third-order valence-electron chi connectivity index (χ3n) is 3.57. The lowest BCUT2D eigenvalue weighted by Crippen LogP contribution is -2.29. The van der Waals surface area contributed by atoms with Crippen LogP contribution in [-0.4, -0.2) is 37.0 Å². The van der Waals surface area contributed by atoms with Crippen molar-refractivity contribution in [3.8, 4) is 0 Å². The predicted molar refractivity (Wildman–Crippen MR) is 73.8 cm³/mol. The molecule has 1 aromatic carbocycles. The number of nitrogens with one attached hydrogen (secondary N) is 1. The summed E-state index contributed by atoms with van der Waals surface area (Å²) >= 11 is 0. The van der Waals surface area contributed by atoms with Gasteiger partial charge in [-0.1, -0.05) is 12.1 Å². The number of halogens is 1. The largest absolute Gasteiger partial charge is 0.352 e. The van der Waals surface area contributed by atoms with Crippen LogP contribution in [0.15, 0.2) is 18.2 Å². The number of hydrogen-bond donors (Lipinski definition) is 1. The van der Waals surface area contributed by atoms with E-state index in [1.165, 1.54) is 32.0 Å². The monoisotopic (exact) mass is 264 g/mol. The molecule has 1 N–H and O–H groups in total. The predicted octanol–water partition coefficient (Wildman–Crippen LogP) is 2.35. The van der Waals surface area contributed by atoms with Gasteiger partial charge in [-0.3, -0.25) is 4.79 Å². The fraction of sp³-hybridized carbons (Fsp3) is 0.533. The molecule has 0 radical (unpaired) electrons. The number of aryl methyl sites for hydroxylation is 1. The zero-order valence-electron chi connectivity index (χ0n) is 11.4. The standard InChI is InChI=1S/C15H21FN2O/c1-12-6-4-7-13(14(12)16)15(19)17-8-5-11-18-9-2-3-10-18/h4,6-7H,2-3,5,8-11H2,1H3,(H,17,19). The van der Waals surface area contributed by atoms with E-state index in [9.17, 15) is 9.18 Å². The van der Waals surface area contributed by atoms with Crippen LogP contribution < -0.4 is 5.32 Å². The summed E-state index contributed by atoms with van der Waals surface area (Å²) in [4.78, 5) is 14.3. The van der Waals surface area contributed by atoms with E-state index in [1.54, 1.807) is 19.1 Å². The number of likely N-dealkylation sites (tertiary alicyclic amines) is 1. The van der Waals surface area contributed by atoms with Gasteiger partial charge in [0.05, 0.1) is 5.56 Å². The van der Waals surface area contributed by atoms with Gasteiger partial charge in [-0.25, -0.2) is 4.39 Å².